The lowest BCUT2D eigenvalue weighted by atomic mass is 9.34. The van der Waals surface area contributed by atoms with Crippen molar-refractivity contribution in [3.8, 4) is 11.1 Å². The Balaban J connectivity index is 1.80. The molecule has 1 aliphatic rings. The molecule has 0 bridgehead atoms. The summed E-state index contributed by atoms with van der Waals surface area (Å²) in [4.78, 5) is 0. The Hall–Kier alpha value is -3.06. The molecule has 0 saturated carbocycles. The number of fused-ring (bicyclic) bond motifs is 3. The lowest BCUT2D eigenvalue weighted by molar-refractivity contribution is 0.661. The molecule has 0 nitrogen and oxygen atoms in total. The van der Waals surface area contributed by atoms with Crippen LogP contribution in [0.3, 0.4) is 0 Å². The summed E-state index contributed by atoms with van der Waals surface area (Å²) in [5.74, 6) is 0. The second-order valence-corrected chi connectivity index (χ2v) is 11.0. The molecule has 4 aromatic carbocycles. The average Bonchev–Trinajstić information content (AvgIpc) is 2.98. The Morgan fingerprint density at radius 2 is 1.00 bits per heavy atom. The molecule has 0 radical (unpaired) electrons. The van der Waals surface area contributed by atoms with Gasteiger partial charge >= 0.3 is 0 Å². The fourth-order valence-corrected chi connectivity index (χ4v) is 6.67. The van der Waals surface area contributed by atoms with Crippen LogP contribution in [0, 0.1) is 41.5 Å². The average molecular weight is 442 g/mol. The minimum atomic E-state index is 0.00121. The highest BCUT2D eigenvalue weighted by atomic mass is 14.4. The zero-order chi connectivity index (χ0) is 24.4. The van der Waals surface area contributed by atoms with Gasteiger partial charge in [0.15, 0.2) is 0 Å². The third-order valence-corrected chi connectivity index (χ3v) is 7.99. The van der Waals surface area contributed by atoms with Crippen molar-refractivity contribution in [2.75, 3.05) is 0 Å². The molecular weight excluding hydrogens is 407 g/mol. The first-order chi connectivity index (χ1) is 16.1. The maximum absolute atomic E-state index is 2.51. The summed E-state index contributed by atoms with van der Waals surface area (Å²) in [7, 11) is 0. The third-order valence-electron chi connectivity index (χ3n) is 7.99. The molecule has 1 heteroatoms. The van der Waals surface area contributed by atoms with Gasteiger partial charge in [0.05, 0.1) is 0 Å². The summed E-state index contributed by atoms with van der Waals surface area (Å²) in [6, 6.07) is 25.6. The maximum Gasteiger partial charge on any atom is 0.242 e. The van der Waals surface area contributed by atoms with Crippen LogP contribution in [0.4, 0.5) is 0 Å². The van der Waals surface area contributed by atoms with Gasteiger partial charge in [-0.05, 0) is 63.8 Å². The van der Waals surface area contributed by atoms with E-state index in [1.54, 1.807) is 0 Å². The van der Waals surface area contributed by atoms with Gasteiger partial charge in [-0.15, -0.1) is 0 Å². The van der Waals surface area contributed by atoms with Crippen LogP contribution in [0.2, 0.25) is 0 Å². The fourth-order valence-electron chi connectivity index (χ4n) is 6.67. The molecule has 5 rings (SSSR count). The van der Waals surface area contributed by atoms with Crippen molar-refractivity contribution in [2.45, 2.75) is 60.8 Å². The van der Waals surface area contributed by atoms with Gasteiger partial charge in [-0.2, -0.15) is 0 Å². The molecule has 0 unspecified atom stereocenters. The first-order valence-electron chi connectivity index (χ1n) is 12.5. The van der Waals surface area contributed by atoms with Gasteiger partial charge in [0.1, 0.15) is 0 Å². The van der Waals surface area contributed by atoms with E-state index < -0.39 is 0 Å². The maximum atomic E-state index is 2.51. The van der Waals surface area contributed by atoms with Crippen molar-refractivity contribution >= 4 is 23.1 Å². The van der Waals surface area contributed by atoms with Crippen LogP contribution in [-0.4, -0.2) is 6.71 Å². The van der Waals surface area contributed by atoms with Gasteiger partial charge in [-0.1, -0.05) is 130 Å². The lowest BCUT2D eigenvalue weighted by Gasteiger charge is -2.27. The molecule has 0 atom stereocenters. The normalized spacial score (nSPS) is 13.5. The summed E-state index contributed by atoms with van der Waals surface area (Å²) >= 11 is 0. The first-order valence-corrected chi connectivity index (χ1v) is 12.5. The van der Waals surface area contributed by atoms with E-state index in [1.807, 2.05) is 0 Å². The van der Waals surface area contributed by atoms with Gasteiger partial charge in [-0.3, -0.25) is 0 Å². The Labute approximate surface area is 206 Å². The predicted molar refractivity (Wildman–Crippen MR) is 150 cm³/mol. The summed E-state index contributed by atoms with van der Waals surface area (Å²) in [5.41, 5.74) is 18.1. The standard InChI is InChI=1S/C33H35B/c1-20-15-22(3)31(23(4)16-20)34(32-24(5)17-21(2)18-25(32)6)26-13-14-28-27-11-9-10-12-29(27)33(7,8)30(28)19-26/h9-19H,1-8H3. The number of aryl methyl sites for hydroxylation is 6. The van der Waals surface area contributed by atoms with Crippen LogP contribution in [0.5, 0.6) is 0 Å². The number of rotatable bonds is 3. The van der Waals surface area contributed by atoms with E-state index in [2.05, 4.69) is 122 Å². The van der Waals surface area contributed by atoms with Gasteiger partial charge < -0.3 is 0 Å². The van der Waals surface area contributed by atoms with Gasteiger partial charge in [-0.25, -0.2) is 0 Å². The molecule has 0 N–H and O–H groups in total. The summed E-state index contributed by atoms with van der Waals surface area (Å²) < 4.78 is 0. The van der Waals surface area contributed by atoms with Crippen molar-refractivity contribution in [2.24, 2.45) is 0 Å². The molecule has 0 heterocycles. The van der Waals surface area contributed by atoms with Crippen LogP contribution in [0.1, 0.15) is 58.4 Å². The molecule has 0 saturated heterocycles. The van der Waals surface area contributed by atoms with E-state index in [0.717, 1.165) is 0 Å². The second kappa shape index (κ2) is 8.02. The SMILES string of the molecule is Cc1cc(C)c(B(c2ccc3c(c2)C(C)(C)c2ccccc2-3)c2c(C)cc(C)cc2C)c(C)c1. The van der Waals surface area contributed by atoms with Gasteiger partial charge in [0.25, 0.3) is 0 Å². The van der Waals surface area contributed by atoms with Crippen molar-refractivity contribution in [1.29, 1.82) is 0 Å². The minimum Gasteiger partial charge on any atom is -0.0683 e. The van der Waals surface area contributed by atoms with Crippen LogP contribution < -0.4 is 16.4 Å². The van der Waals surface area contributed by atoms with Crippen LogP contribution in [0.15, 0.2) is 66.7 Å². The van der Waals surface area contributed by atoms with Crippen molar-refractivity contribution in [3.63, 3.8) is 0 Å². The molecule has 4 aromatic rings. The molecule has 0 fully saturated rings. The smallest absolute Gasteiger partial charge is 0.0683 e. The van der Waals surface area contributed by atoms with Gasteiger partial charge in [0.2, 0.25) is 6.71 Å². The number of hydrogen-bond acceptors (Lipinski definition) is 0. The lowest BCUT2D eigenvalue weighted by Crippen LogP contribution is -2.56. The second-order valence-electron chi connectivity index (χ2n) is 11.0. The van der Waals surface area contributed by atoms with Gasteiger partial charge in [0, 0.05) is 5.41 Å². The summed E-state index contributed by atoms with van der Waals surface area (Å²) in [5, 5.41) is 0. The largest absolute Gasteiger partial charge is 0.242 e. The molecule has 0 amide bonds. The summed E-state index contributed by atoms with van der Waals surface area (Å²) in [6.45, 7) is 18.5. The third kappa shape index (κ3) is 3.45. The fraction of sp³-hybridized carbons (Fsp3) is 0.273. The molecule has 34 heavy (non-hydrogen) atoms. The molecule has 0 aromatic heterocycles. The molecule has 0 aliphatic heterocycles. The number of hydrogen-bond donors (Lipinski definition) is 0. The number of benzene rings is 4. The Morgan fingerprint density at radius 1 is 0.529 bits per heavy atom. The van der Waals surface area contributed by atoms with E-state index in [1.165, 1.54) is 72.0 Å². The Bertz CT molecular complexity index is 1330. The van der Waals surface area contributed by atoms with E-state index in [0.29, 0.717) is 0 Å². The van der Waals surface area contributed by atoms with Crippen LogP contribution in [-0.2, 0) is 5.41 Å². The van der Waals surface area contributed by atoms with E-state index in [4.69, 9.17) is 0 Å². The highest BCUT2D eigenvalue weighted by molar-refractivity contribution is 6.96. The summed E-state index contributed by atoms with van der Waals surface area (Å²) in [6.07, 6.45) is 0. The highest BCUT2D eigenvalue weighted by Crippen LogP contribution is 2.47. The van der Waals surface area contributed by atoms with Crippen molar-refractivity contribution < 1.29 is 0 Å². The van der Waals surface area contributed by atoms with Crippen LogP contribution in [0.25, 0.3) is 11.1 Å². The Morgan fingerprint density at radius 3 is 1.53 bits per heavy atom. The minimum absolute atomic E-state index is 0.00121. The van der Waals surface area contributed by atoms with Crippen molar-refractivity contribution in [1.82, 2.24) is 0 Å². The zero-order valence-electron chi connectivity index (χ0n) is 21.9. The predicted octanol–water partition coefficient (Wildman–Crippen LogP) is 6.36. The topological polar surface area (TPSA) is 0 Å². The Kier molecular flexibility index (Phi) is 5.36. The molecule has 1 aliphatic carbocycles. The molecular formula is C33H35B. The van der Waals surface area contributed by atoms with Crippen LogP contribution >= 0.6 is 0 Å². The molecule has 0 spiro atoms. The van der Waals surface area contributed by atoms with E-state index in [-0.39, 0.29) is 12.1 Å². The first kappa shape index (κ1) is 22.7. The molecule has 170 valence electrons. The zero-order valence-corrected chi connectivity index (χ0v) is 21.9. The van der Waals surface area contributed by atoms with E-state index >= 15 is 0 Å². The monoisotopic (exact) mass is 442 g/mol. The highest BCUT2D eigenvalue weighted by Gasteiger charge is 2.37. The van der Waals surface area contributed by atoms with Crippen molar-refractivity contribution in [3.05, 3.63) is 111 Å². The quantitative estimate of drug-likeness (QED) is 0.324. The van der Waals surface area contributed by atoms with E-state index in [9.17, 15) is 0 Å².